The van der Waals surface area contributed by atoms with E-state index in [1.165, 1.54) is 12.1 Å². The number of carbonyl (C=O) groups is 1. The second kappa shape index (κ2) is 5.93. The van der Waals surface area contributed by atoms with Crippen LogP contribution in [-0.4, -0.2) is 10.8 Å². The summed E-state index contributed by atoms with van der Waals surface area (Å²) in [6, 6.07) is 9.52. The summed E-state index contributed by atoms with van der Waals surface area (Å²) >= 11 is 5.99. The Kier molecular flexibility index (Phi) is 4.23. The molecule has 0 saturated heterocycles. The maximum atomic E-state index is 12.2. The second-order valence-electron chi connectivity index (χ2n) is 4.62. The monoisotopic (exact) mass is 304 g/mol. The van der Waals surface area contributed by atoms with Crippen molar-refractivity contribution in [2.45, 2.75) is 13.8 Å². The first-order valence-corrected chi connectivity index (χ1v) is 6.59. The Balaban J connectivity index is 2.29. The summed E-state index contributed by atoms with van der Waals surface area (Å²) in [5, 5.41) is 14.1. The molecule has 0 unspecified atom stereocenters. The average molecular weight is 305 g/mol. The Morgan fingerprint density at radius 2 is 1.95 bits per heavy atom. The molecule has 0 saturated carbocycles. The number of amides is 1. The number of hydrogen-bond donors (Lipinski definition) is 1. The van der Waals surface area contributed by atoms with Crippen LogP contribution in [0.1, 0.15) is 21.5 Å². The zero-order valence-electron chi connectivity index (χ0n) is 11.5. The van der Waals surface area contributed by atoms with Gasteiger partial charge in [0.2, 0.25) is 0 Å². The number of anilines is 1. The van der Waals surface area contributed by atoms with Gasteiger partial charge in [0.05, 0.1) is 16.2 Å². The fourth-order valence-corrected chi connectivity index (χ4v) is 2.07. The topological polar surface area (TPSA) is 72.2 Å². The lowest BCUT2D eigenvalue weighted by molar-refractivity contribution is -0.385. The fraction of sp³-hybridized carbons (Fsp3) is 0.133. The van der Waals surface area contributed by atoms with Gasteiger partial charge < -0.3 is 5.32 Å². The first-order chi connectivity index (χ1) is 9.90. The molecular weight excluding hydrogens is 292 g/mol. The second-order valence-corrected chi connectivity index (χ2v) is 5.03. The molecule has 2 aromatic rings. The highest BCUT2D eigenvalue weighted by atomic mass is 35.5. The maximum absolute atomic E-state index is 12.2. The van der Waals surface area contributed by atoms with Crippen LogP contribution < -0.4 is 5.32 Å². The Morgan fingerprint density at radius 3 is 2.57 bits per heavy atom. The number of nitro benzene ring substituents is 1. The van der Waals surface area contributed by atoms with Crippen LogP contribution in [0.5, 0.6) is 0 Å². The molecule has 1 amide bonds. The van der Waals surface area contributed by atoms with Gasteiger partial charge in [-0.05, 0) is 37.6 Å². The maximum Gasteiger partial charge on any atom is 0.274 e. The Hall–Kier alpha value is -2.40. The number of halogens is 1. The van der Waals surface area contributed by atoms with E-state index in [0.29, 0.717) is 21.8 Å². The number of hydrogen-bond acceptors (Lipinski definition) is 3. The minimum absolute atomic E-state index is 0.0326. The third-order valence-corrected chi connectivity index (χ3v) is 3.59. The van der Waals surface area contributed by atoms with Crippen molar-refractivity contribution in [3.63, 3.8) is 0 Å². The fourth-order valence-electron chi connectivity index (χ4n) is 1.89. The number of aryl methyl sites for hydroxylation is 1. The highest BCUT2D eigenvalue weighted by Crippen LogP contribution is 2.26. The average Bonchev–Trinajstić information content (AvgIpc) is 2.43. The van der Waals surface area contributed by atoms with Gasteiger partial charge in [0, 0.05) is 16.7 Å². The van der Waals surface area contributed by atoms with Crippen LogP contribution in [0.4, 0.5) is 11.4 Å². The van der Waals surface area contributed by atoms with Gasteiger partial charge in [0.1, 0.15) is 0 Å². The Bertz CT molecular complexity index is 729. The summed E-state index contributed by atoms with van der Waals surface area (Å²) in [5.74, 6) is -0.361. The number of nitrogens with zero attached hydrogens (tertiary/aromatic N) is 1. The van der Waals surface area contributed by atoms with Crippen molar-refractivity contribution in [3.05, 3.63) is 68.2 Å². The molecule has 0 aliphatic rings. The van der Waals surface area contributed by atoms with Crippen molar-refractivity contribution in [2.75, 3.05) is 5.32 Å². The molecule has 0 aliphatic heterocycles. The van der Waals surface area contributed by atoms with Gasteiger partial charge in [-0.15, -0.1) is 0 Å². The SMILES string of the molecule is Cc1ccc(C(=O)Nc2cccc([N+](=O)[O-])c2C)cc1Cl. The van der Waals surface area contributed by atoms with E-state index in [-0.39, 0.29) is 11.6 Å². The van der Waals surface area contributed by atoms with Crippen LogP contribution >= 0.6 is 11.6 Å². The number of nitro groups is 1. The van der Waals surface area contributed by atoms with Gasteiger partial charge in [-0.2, -0.15) is 0 Å². The molecule has 0 aromatic heterocycles. The molecule has 5 nitrogen and oxygen atoms in total. The molecule has 0 heterocycles. The summed E-state index contributed by atoms with van der Waals surface area (Å²) in [6.45, 7) is 3.44. The molecule has 0 aliphatic carbocycles. The van der Waals surface area contributed by atoms with Crippen molar-refractivity contribution < 1.29 is 9.72 Å². The van der Waals surface area contributed by atoms with Crippen molar-refractivity contribution in [1.29, 1.82) is 0 Å². The minimum atomic E-state index is -0.478. The molecule has 0 atom stereocenters. The number of benzene rings is 2. The summed E-state index contributed by atoms with van der Waals surface area (Å²) in [7, 11) is 0. The lowest BCUT2D eigenvalue weighted by Crippen LogP contribution is -2.13. The lowest BCUT2D eigenvalue weighted by atomic mass is 10.1. The van der Waals surface area contributed by atoms with Crippen molar-refractivity contribution >= 4 is 28.9 Å². The van der Waals surface area contributed by atoms with E-state index in [4.69, 9.17) is 11.6 Å². The van der Waals surface area contributed by atoms with E-state index in [1.807, 2.05) is 6.92 Å². The molecule has 0 bridgehead atoms. The molecule has 2 rings (SSSR count). The van der Waals surface area contributed by atoms with Gasteiger partial charge in [0.15, 0.2) is 0 Å². The van der Waals surface area contributed by atoms with Crippen LogP contribution in [0.2, 0.25) is 5.02 Å². The highest BCUT2D eigenvalue weighted by Gasteiger charge is 2.15. The van der Waals surface area contributed by atoms with Crippen LogP contribution in [0, 0.1) is 24.0 Å². The normalized spacial score (nSPS) is 10.2. The van der Waals surface area contributed by atoms with E-state index in [1.54, 1.807) is 31.2 Å². The molecule has 0 spiro atoms. The predicted molar refractivity (Wildman–Crippen MR) is 82.0 cm³/mol. The quantitative estimate of drug-likeness (QED) is 0.685. The number of carbonyl (C=O) groups excluding carboxylic acids is 1. The molecule has 6 heteroatoms. The molecule has 1 N–H and O–H groups in total. The molecule has 0 fully saturated rings. The Labute approximate surface area is 126 Å². The molecule has 0 radical (unpaired) electrons. The highest BCUT2D eigenvalue weighted by molar-refractivity contribution is 6.31. The van der Waals surface area contributed by atoms with E-state index >= 15 is 0 Å². The van der Waals surface area contributed by atoms with Crippen molar-refractivity contribution in [2.24, 2.45) is 0 Å². The first kappa shape index (κ1) is 15.0. The smallest absolute Gasteiger partial charge is 0.274 e. The summed E-state index contributed by atoms with van der Waals surface area (Å²) in [4.78, 5) is 22.6. The third-order valence-electron chi connectivity index (χ3n) is 3.18. The van der Waals surface area contributed by atoms with E-state index in [9.17, 15) is 14.9 Å². The minimum Gasteiger partial charge on any atom is -0.321 e. The van der Waals surface area contributed by atoms with Gasteiger partial charge >= 0.3 is 0 Å². The van der Waals surface area contributed by atoms with E-state index in [2.05, 4.69) is 5.32 Å². The Morgan fingerprint density at radius 1 is 1.24 bits per heavy atom. The number of nitrogens with one attached hydrogen (secondary N) is 1. The molecule has 21 heavy (non-hydrogen) atoms. The van der Waals surface area contributed by atoms with E-state index in [0.717, 1.165) is 5.56 Å². The largest absolute Gasteiger partial charge is 0.321 e. The first-order valence-electron chi connectivity index (χ1n) is 6.21. The van der Waals surface area contributed by atoms with Crippen LogP contribution in [0.3, 0.4) is 0 Å². The molecular formula is C15H13ClN2O3. The third kappa shape index (κ3) is 3.20. The van der Waals surface area contributed by atoms with Crippen LogP contribution in [0.15, 0.2) is 36.4 Å². The lowest BCUT2D eigenvalue weighted by Gasteiger charge is -2.09. The standard InChI is InChI=1S/C15H13ClN2O3/c1-9-6-7-11(8-12(9)16)15(19)17-13-4-3-5-14(10(13)2)18(20)21/h3-8H,1-2H3,(H,17,19). The van der Waals surface area contributed by atoms with Gasteiger partial charge in [-0.25, -0.2) is 0 Å². The van der Waals surface area contributed by atoms with Crippen LogP contribution in [-0.2, 0) is 0 Å². The van der Waals surface area contributed by atoms with E-state index < -0.39 is 4.92 Å². The van der Waals surface area contributed by atoms with Gasteiger partial charge in [0.25, 0.3) is 11.6 Å². The van der Waals surface area contributed by atoms with Gasteiger partial charge in [-0.3, -0.25) is 14.9 Å². The molecule has 108 valence electrons. The zero-order valence-corrected chi connectivity index (χ0v) is 12.3. The molecule has 2 aromatic carbocycles. The summed E-state index contributed by atoms with van der Waals surface area (Å²) in [6.07, 6.45) is 0. The van der Waals surface area contributed by atoms with Crippen LogP contribution in [0.25, 0.3) is 0 Å². The summed E-state index contributed by atoms with van der Waals surface area (Å²) in [5.41, 5.74) is 2.06. The van der Waals surface area contributed by atoms with Crippen molar-refractivity contribution in [3.8, 4) is 0 Å². The number of rotatable bonds is 3. The summed E-state index contributed by atoms with van der Waals surface area (Å²) < 4.78 is 0. The van der Waals surface area contributed by atoms with Crippen molar-refractivity contribution in [1.82, 2.24) is 0 Å². The van der Waals surface area contributed by atoms with Gasteiger partial charge in [-0.1, -0.05) is 23.7 Å². The predicted octanol–water partition coefficient (Wildman–Crippen LogP) is 4.12. The zero-order chi connectivity index (χ0) is 15.6.